The fourth-order valence-corrected chi connectivity index (χ4v) is 2.99. The summed E-state index contributed by atoms with van der Waals surface area (Å²) in [6, 6.07) is 5.04. The lowest BCUT2D eigenvalue weighted by atomic mass is 10.2. The van der Waals surface area contributed by atoms with Crippen LogP contribution in [0.4, 0.5) is 4.39 Å². The van der Waals surface area contributed by atoms with E-state index in [-0.39, 0.29) is 5.82 Å². The molecule has 0 spiro atoms. The van der Waals surface area contributed by atoms with Crippen molar-refractivity contribution < 1.29 is 4.39 Å². The van der Waals surface area contributed by atoms with Crippen LogP contribution in [0.3, 0.4) is 0 Å². The number of aryl methyl sites for hydroxylation is 1. The molecule has 1 atom stereocenters. The molecule has 0 aromatic heterocycles. The normalized spacial score (nSPS) is 20.8. The van der Waals surface area contributed by atoms with Crippen molar-refractivity contribution in [3.05, 3.63) is 29.6 Å². The molecule has 0 saturated carbocycles. The molecule has 1 aliphatic heterocycles. The number of thioether (sulfide) groups is 1. The summed E-state index contributed by atoms with van der Waals surface area (Å²) in [5, 5.41) is 3.36. The molecule has 3 heteroatoms. The molecule has 1 N–H and O–H groups in total. The van der Waals surface area contributed by atoms with Crippen LogP contribution in [-0.4, -0.2) is 18.8 Å². The second-order valence-corrected chi connectivity index (χ2v) is 5.14. The molecule has 0 aliphatic carbocycles. The Morgan fingerprint density at radius 1 is 1.53 bits per heavy atom. The first-order chi connectivity index (χ1) is 7.25. The maximum Gasteiger partial charge on any atom is 0.123 e. The molecule has 0 amide bonds. The van der Waals surface area contributed by atoms with Gasteiger partial charge in [0.15, 0.2) is 0 Å². The van der Waals surface area contributed by atoms with Crippen molar-refractivity contribution in [2.24, 2.45) is 5.92 Å². The van der Waals surface area contributed by atoms with Crippen LogP contribution in [0.5, 0.6) is 0 Å². The van der Waals surface area contributed by atoms with Crippen LogP contribution < -0.4 is 5.32 Å². The highest BCUT2D eigenvalue weighted by Crippen LogP contribution is 2.26. The second-order valence-electron chi connectivity index (χ2n) is 4.08. The number of hydrogen-bond donors (Lipinski definition) is 1. The van der Waals surface area contributed by atoms with Crippen LogP contribution in [0.25, 0.3) is 0 Å². The Bertz CT molecular complexity index is 334. The maximum atomic E-state index is 12.9. The van der Waals surface area contributed by atoms with Crippen LogP contribution in [0.2, 0.25) is 0 Å². The lowest BCUT2D eigenvalue weighted by Gasteiger charge is -2.09. The molecule has 1 aromatic carbocycles. The molecule has 1 heterocycles. The number of rotatable bonds is 3. The quantitative estimate of drug-likeness (QED) is 0.794. The lowest BCUT2D eigenvalue weighted by molar-refractivity contribution is 0.625. The fourth-order valence-electron chi connectivity index (χ4n) is 1.84. The van der Waals surface area contributed by atoms with E-state index in [1.807, 2.05) is 24.8 Å². The predicted molar refractivity (Wildman–Crippen MR) is 62.8 cm³/mol. The highest BCUT2D eigenvalue weighted by molar-refractivity contribution is 7.99. The average molecular weight is 225 g/mol. The monoisotopic (exact) mass is 225 g/mol. The topological polar surface area (TPSA) is 12.0 Å². The third-order valence-corrected chi connectivity index (χ3v) is 4.18. The summed E-state index contributed by atoms with van der Waals surface area (Å²) in [6.07, 6.45) is 1.27. The highest BCUT2D eigenvalue weighted by atomic mass is 32.2. The largest absolute Gasteiger partial charge is 0.316 e. The molecule has 82 valence electrons. The van der Waals surface area contributed by atoms with Crippen LogP contribution in [-0.2, 0) is 0 Å². The van der Waals surface area contributed by atoms with Crippen molar-refractivity contribution >= 4 is 11.8 Å². The molecule has 1 unspecified atom stereocenters. The van der Waals surface area contributed by atoms with Gasteiger partial charge in [-0.3, -0.25) is 0 Å². The standard InChI is InChI=1S/C12H16FNS/c1-9-6-11(13)2-3-12(9)15-8-10-4-5-14-7-10/h2-3,6,10,14H,4-5,7-8H2,1H3. The van der Waals surface area contributed by atoms with E-state index in [0.717, 1.165) is 30.3 Å². The molecular formula is C12H16FNS. The second kappa shape index (κ2) is 4.99. The van der Waals surface area contributed by atoms with E-state index in [9.17, 15) is 4.39 Å². The molecule has 1 aromatic rings. The van der Waals surface area contributed by atoms with Gasteiger partial charge in [-0.05, 0) is 56.1 Å². The van der Waals surface area contributed by atoms with Crippen LogP contribution in [0.1, 0.15) is 12.0 Å². The first-order valence-corrected chi connectivity index (χ1v) is 6.34. The molecule has 0 bridgehead atoms. The van der Waals surface area contributed by atoms with Crippen molar-refractivity contribution in [1.82, 2.24) is 5.32 Å². The van der Waals surface area contributed by atoms with Gasteiger partial charge in [0, 0.05) is 10.6 Å². The van der Waals surface area contributed by atoms with Gasteiger partial charge < -0.3 is 5.32 Å². The van der Waals surface area contributed by atoms with Gasteiger partial charge in [-0.15, -0.1) is 11.8 Å². The van der Waals surface area contributed by atoms with Gasteiger partial charge in [-0.25, -0.2) is 4.39 Å². The third kappa shape index (κ3) is 2.95. The summed E-state index contributed by atoms with van der Waals surface area (Å²) >= 11 is 1.85. The Hall–Kier alpha value is -0.540. The molecule has 1 fully saturated rings. The van der Waals surface area contributed by atoms with E-state index in [2.05, 4.69) is 5.32 Å². The average Bonchev–Trinajstić information content (AvgIpc) is 2.69. The summed E-state index contributed by atoms with van der Waals surface area (Å²) < 4.78 is 12.9. The summed E-state index contributed by atoms with van der Waals surface area (Å²) in [7, 11) is 0. The summed E-state index contributed by atoms with van der Waals surface area (Å²) in [4.78, 5) is 1.21. The van der Waals surface area contributed by atoms with Crippen molar-refractivity contribution in [2.45, 2.75) is 18.2 Å². The first kappa shape index (κ1) is 11.0. The van der Waals surface area contributed by atoms with E-state index in [0.29, 0.717) is 0 Å². The Morgan fingerprint density at radius 2 is 2.40 bits per heavy atom. The minimum atomic E-state index is -0.139. The van der Waals surface area contributed by atoms with Crippen molar-refractivity contribution in [2.75, 3.05) is 18.8 Å². The number of nitrogens with one attached hydrogen (secondary N) is 1. The molecule has 1 aliphatic rings. The lowest BCUT2D eigenvalue weighted by Crippen LogP contribution is -2.10. The van der Waals surface area contributed by atoms with Gasteiger partial charge in [0.2, 0.25) is 0 Å². The van der Waals surface area contributed by atoms with Crippen LogP contribution >= 0.6 is 11.8 Å². The zero-order valence-corrected chi connectivity index (χ0v) is 9.74. The first-order valence-electron chi connectivity index (χ1n) is 5.35. The zero-order chi connectivity index (χ0) is 10.7. The Kier molecular flexibility index (Phi) is 3.65. The summed E-state index contributed by atoms with van der Waals surface area (Å²) in [5.41, 5.74) is 1.05. The minimum absolute atomic E-state index is 0.139. The summed E-state index contributed by atoms with van der Waals surface area (Å²) in [5.74, 6) is 1.78. The maximum absolute atomic E-state index is 12.9. The van der Waals surface area contributed by atoms with Crippen molar-refractivity contribution in [3.8, 4) is 0 Å². The molecule has 0 radical (unpaired) electrons. The van der Waals surface area contributed by atoms with Gasteiger partial charge in [-0.2, -0.15) is 0 Å². The van der Waals surface area contributed by atoms with Gasteiger partial charge in [0.05, 0.1) is 0 Å². The molecule has 2 rings (SSSR count). The molecule has 1 nitrogen and oxygen atoms in total. The van der Waals surface area contributed by atoms with Crippen molar-refractivity contribution in [3.63, 3.8) is 0 Å². The van der Waals surface area contributed by atoms with E-state index in [1.54, 1.807) is 12.1 Å². The zero-order valence-electron chi connectivity index (χ0n) is 8.92. The highest BCUT2D eigenvalue weighted by Gasteiger charge is 2.14. The van der Waals surface area contributed by atoms with E-state index >= 15 is 0 Å². The fraction of sp³-hybridized carbons (Fsp3) is 0.500. The third-order valence-electron chi connectivity index (χ3n) is 2.77. The Balaban J connectivity index is 1.92. The van der Waals surface area contributed by atoms with E-state index in [4.69, 9.17) is 0 Å². The Morgan fingerprint density at radius 3 is 3.07 bits per heavy atom. The Labute approximate surface area is 94.5 Å². The van der Waals surface area contributed by atoms with Crippen LogP contribution in [0, 0.1) is 18.7 Å². The number of halogens is 1. The van der Waals surface area contributed by atoms with Gasteiger partial charge >= 0.3 is 0 Å². The smallest absolute Gasteiger partial charge is 0.123 e. The molecular weight excluding hydrogens is 209 g/mol. The SMILES string of the molecule is Cc1cc(F)ccc1SCC1CCNC1. The van der Waals surface area contributed by atoms with Gasteiger partial charge in [0.25, 0.3) is 0 Å². The summed E-state index contributed by atoms with van der Waals surface area (Å²) in [6.45, 7) is 4.25. The van der Waals surface area contributed by atoms with Gasteiger partial charge in [-0.1, -0.05) is 0 Å². The van der Waals surface area contributed by atoms with E-state index < -0.39 is 0 Å². The number of hydrogen-bond acceptors (Lipinski definition) is 2. The van der Waals surface area contributed by atoms with Gasteiger partial charge in [0.1, 0.15) is 5.82 Å². The van der Waals surface area contributed by atoms with E-state index in [1.165, 1.54) is 11.3 Å². The minimum Gasteiger partial charge on any atom is -0.316 e. The van der Waals surface area contributed by atoms with Crippen LogP contribution in [0.15, 0.2) is 23.1 Å². The predicted octanol–water partition coefficient (Wildman–Crippen LogP) is 2.84. The number of benzene rings is 1. The molecule has 15 heavy (non-hydrogen) atoms. The molecule has 1 saturated heterocycles. The van der Waals surface area contributed by atoms with Crippen molar-refractivity contribution in [1.29, 1.82) is 0 Å².